The van der Waals surface area contributed by atoms with Gasteiger partial charge in [0.1, 0.15) is 6.54 Å². The number of aliphatic hydroxyl groups is 1. The van der Waals surface area contributed by atoms with E-state index in [2.05, 4.69) is 20.1 Å². The van der Waals surface area contributed by atoms with Gasteiger partial charge in [-0.25, -0.2) is 4.98 Å². The molecule has 0 saturated heterocycles. The van der Waals surface area contributed by atoms with Crippen LogP contribution in [0.25, 0.3) is 10.9 Å². The summed E-state index contributed by atoms with van der Waals surface area (Å²) in [6.45, 7) is 1.95. The minimum atomic E-state index is -0.943. The van der Waals surface area contributed by atoms with Crippen LogP contribution in [0.3, 0.4) is 0 Å². The predicted octanol–water partition coefficient (Wildman–Crippen LogP) is 2.95. The summed E-state index contributed by atoms with van der Waals surface area (Å²) in [7, 11) is 0. The molecule has 4 aromatic rings. The molecule has 0 aliphatic heterocycles. The van der Waals surface area contributed by atoms with Crippen LogP contribution in [-0.2, 0) is 12.1 Å². The van der Waals surface area contributed by atoms with Gasteiger partial charge in [0.2, 0.25) is 5.89 Å². The highest BCUT2D eigenvalue weighted by Gasteiger charge is 2.46. The quantitative estimate of drug-likeness (QED) is 0.537. The second kappa shape index (κ2) is 7.00. The standard InChI is InChI=1S/C21H18ClN5O3/c1-12-8-23-9-16-18(12)20(28)27(11-24-16)10-17-25-19(26-30-17)13-6-21(29,7-13)14-3-2-4-15(22)5-14/h2-5,8-9,11,13,29H,6-7,10H2,1H3. The highest BCUT2D eigenvalue weighted by Crippen LogP contribution is 2.50. The number of hydrogen-bond donors (Lipinski definition) is 1. The molecule has 0 spiro atoms. The number of aromatic nitrogens is 5. The van der Waals surface area contributed by atoms with Gasteiger partial charge in [0.15, 0.2) is 5.82 Å². The van der Waals surface area contributed by atoms with Crippen LogP contribution in [0.15, 0.2) is 52.3 Å². The van der Waals surface area contributed by atoms with Crippen molar-refractivity contribution < 1.29 is 9.63 Å². The zero-order valence-electron chi connectivity index (χ0n) is 16.1. The van der Waals surface area contributed by atoms with Crippen molar-refractivity contribution in [1.82, 2.24) is 24.7 Å². The molecule has 8 nitrogen and oxygen atoms in total. The van der Waals surface area contributed by atoms with E-state index in [1.807, 2.05) is 19.1 Å². The molecule has 0 unspecified atom stereocenters. The van der Waals surface area contributed by atoms with Gasteiger partial charge < -0.3 is 9.63 Å². The lowest BCUT2D eigenvalue weighted by atomic mass is 9.67. The van der Waals surface area contributed by atoms with Crippen molar-refractivity contribution in [2.24, 2.45) is 0 Å². The number of rotatable bonds is 4. The summed E-state index contributed by atoms with van der Waals surface area (Å²) in [5.74, 6) is 0.822. The maximum absolute atomic E-state index is 12.8. The van der Waals surface area contributed by atoms with Crippen molar-refractivity contribution in [1.29, 1.82) is 0 Å². The molecular weight excluding hydrogens is 406 g/mol. The molecule has 0 bridgehead atoms. The molecule has 1 aliphatic rings. The fourth-order valence-corrected chi connectivity index (χ4v) is 4.15. The van der Waals surface area contributed by atoms with Gasteiger partial charge in [-0.15, -0.1) is 0 Å². The van der Waals surface area contributed by atoms with E-state index in [0.717, 1.165) is 11.1 Å². The lowest BCUT2D eigenvalue weighted by Gasteiger charge is -2.42. The number of hydrogen-bond acceptors (Lipinski definition) is 7. The van der Waals surface area contributed by atoms with E-state index in [4.69, 9.17) is 16.1 Å². The van der Waals surface area contributed by atoms with E-state index in [9.17, 15) is 9.90 Å². The lowest BCUT2D eigenvalue weighted by molar-refractivity contribution is -0.0573. The predicted molar refractivity (Wildman–Crippen MR) is 109 cm³/mol. The molecule has 3 heterocycles. The molecule has 0 atom stereocenters. The van der Waals surface area contributed by atoms with Crippen molar-refractivity contribution in [3.63, 3.8) is 0 Å². The van der Waals surface area contributed by atoms with E-state index in [0.29, 0.717) is 40.5 Å². The van der Waals surface area contributed by atoms with Crippen LogP contribution in [0.4, 0.5) is 0 Å². The molecular formula is C21H18ClN5O3. The SMILES string of the molecule is Cc1cncc2ncn(Cc3nc(C4CC(O)(c5cccc(Cl)c5)C4)no3)c(=O)c12. The Hall–Kier alpha value is -3.10. The Balaban J connectivity index is 1.34. The largest absolute Gasteiger partial charge is 0.385 e. The molecule has 9 heteroatoms. The number of halogens is 1. The van der Waals surface area contributed by atoms with Crippen LogP contribution < -0.4 is 5.56 Å². The fourth-order valence-electron chi connectivity index (χ4n) is 3.96. The van der Waals surface area contributed by atoms with Crippen LogP contribution in [0.5, 0.6) is 0 Å². The van der Waals surface area contributed by atoms with Crippen molar-refractivity contribution in [2.75, 3.05) is 0 Å². The zero-order chi connectivity index (χ0) is 20.9. The van der Waals surface area contributed by atoms with Gasteiger partial charge in [-0.1, -0.05) is 28.9 Å². The molecule has 3 aromatic heterocycles. The summed E-state index contributed by atoms with van der Waals surface area (Å²) in [5, 5.41) is 16.0. The van der Waals surface area contributed by atoms with Crippen LogP contribution in [-0.4, -0.2) is 29.8 Å². The maximum atomic E-state index is 12.8. The highest BCUT2D eigenvalue weighted by atomic mass is 35.5. The van der Waals surface area contributed by atoms with Crippen molar-refractivity contribution in [3.05, 3.63) is 81.2 Å². The molecule has 1 aliphatic carbocycles. The summed E-state index contributed by atoms with van der Waals surface area (Å²) in [4.78, 5) is 25.6. The van der Waals surface area contributed by atoms with Crippen molar-refractivity contribution in [2.45, 2.75) is 37.8 Å². The molecule has 152 valence electrons. The first-order valence-electron chi connectivity index (χ1n) is 9.54. The van der Waals surface area contributed by atoms with Crippen LogP contribution in [0.2, 0.25) is 5.02 Å². The first-order chi connectivity index (χ1) is 14.4. The van der Waals surface area contributed by atoms with Gasteiger partial charge in [-0.2, -0.15) is 4.98 Å². The summed E-state index contributed by atoms with van der Waals surface area (Å²) in [6, 6.07) is 7.23. The normalized spacial score (nSPS) is 21.0. The van der Waals surface area contributed by atoms with Crippen molar-refractivity contribution >= 4 is 22.5 Å². The topological polar surface area (TPSA) is 107 Å². The molecule has 1 N–H and O–H groups in total. The van der Waals surface area contributed by atoms with E-state index < -0.39 is 5.60 Å². The number of fused-ring (bicyclic) bond motifs is 1. The van der Waals surface area contributed by atoms with Crippen LogP contribution in [0, 0.1) is 6.92 Å². The number of benzene rings is 1. The molecule has 0 amide bonds. The van der Waals surface area contributed by atoms with E-state index in [1.54, 1.807) is 24.5 Å². The van der Waals surface area contributed by atoms with E-state index in [1.165, 1.54) is 10.9 Å². The number of nitrogens with zero attached hydrogens (tertiary/aromatic N) is 5. The Morgan fingerprint density at radius 2 is 2.17 bits per heavy atom. The summed E-state index contributed by atoms with van der Waals surface area (Å²) in [6.07, 6.45) is 5.62. The monoisotopic (exact) mass is 423 g/mol. The average Bonchev–Trinajstić information content (AvgIpc) is 3.16. The van der Waals surface area contributed by atoms with Gasteiger partial charge >= 0.3 is 0 Å². The zero-order valence-corrected chi connectivity index (χ0v) is 16.9. The van der Waals surface area contributed by atoms with Gasteiger partial charge in [-0.05, 0) is 43.0 Å². The first kappa shape index (κ1) is 18.9. The minimum absolute atomic E-state index is 0.0220. The molecule has 1 fully saturated rings. The van der Waals surface area contributed by atoms with Gasteiger partial charge in [0.05, 0.1) is 29.0 Å². The van der Waals surface area contributed by atoms with Crippen LogP contribution in [0.1, 0.15) is 41.6 Å². The third-order valence-electron chi connectivity index (χ3n) is 5.61. The number of pyridine rings is 1. The van der Waals surface area contributed by atoms with E-state index in [-0.39, 0.29) is 18.0 Å². The summed E-state index contributed by atoms with van der Waals surface area (Å²) in [5.41, 5.74) is 0.978. The Bertz CT molecular complexity index is 1310. The average molecular weight is 424 g/mol. The third-order valence-corrected chi connectivity index (χ3v) is 5.85. The molecule has 30 heavy (non-hydrogen) atoms. The van der Waals surface area contributed by atoms with Crippen molar-refractivity contribution in [3.8, 4) is 0 Å². The van der Waals surface area contributed by atoms with Gasteiger partial charge in [0, 0.05) is 17.1 Å². The molecule has 0 radical (unpaired) electrons. The smallest absolute Gasteiger partial charge is 0.262 e. The minimum Gasteiger partial charge on any atom is -0.385 e. The molecule has 5 rings (SSSR count). The number of aryl methyl sites for hydroxylation is 1. The Labute approximate surface area is 176 Å². The lowest BCUT2D eigenvalue weighted by Crippen LogP contribution is -2.40. The first-order valence-corrected chi connectivity index (χ1v) is 9.91. The van der Waals surface area contributed by atoms with Crippen LogP contribution >= 0.6 is 11.6 Å². The fraction of sp³-hybridized carbons (Fsp3) is 0.286. The summed E-state index contributed by atoms with van der Waals surface area (Å²) < 4.78 is 6.79. The van der Waals surface area contributed by atoms with Gasteiger partial charge in [-0.3, -0.25) is 14.3 Å². The third kappa shape index (κ3) is 3.18. The van der Waals surface area contributed by atoms with E-state index >= 15 is 0 Å². The Kier molecular flexibility index (Phi) is 4.41. The molecule has 1 aromatic carbocycles. The Morgan fingerprint density at radius 1 is 1.33 bits per heavy atom. The summed E-state index contributed by atoms with van der Waals surface area (Å²) >= 11 is 6.04. The second-order valence-electron chi connectivity index (χ2n) is 7.72. The highest BCUT2D eigenvalue weighted by molar-refractivity contribution is 6.30. The maximum Gasteiger partial charge on any atom is 0.262 e. The molecule has 1 saturated carbocycles. The van der Waals surface area contributed by atoms with Gasteiger partial charge in [0.25, 0.3) is 5.56 Å². The Morgan fingerprint density at radius 3 is 2.97 bits per heavy atom. The second-order valence-corrected chi connectivity index (χ2v) is 8.16.